The summed E-state index contributed by atoms with van der Waals surface area (Å²) in [5.41, 5.74) is 7.96. The van der Waals surface area contributed by atoms with Crippen LogP contribution >= 0.6 is 15.9 Å². The number of benzene rings is 1. The van der Waals surface area contributed by atoms with Crippen LogP contribution in [0.15, 0.2) is 47.1 Å². The normalized spacial score (nSPS) is 12.2. The number of halogens is 1. The van der Waals surface area contributed by atoms with Gasteiger partial charge >= 0.3 is 0 Å². The number of nitrogens with zero attached hydrogens (tertiary/aromatic N) is 1. The van der Waals surface area contributed by atoms with Crippen molar-refractivity contribution >= 4 is 15.9 Å². The van der Waals surface area contributed by atoms with Crippen molar-refractivity contribution in [1.82, 2.24) is 4.98 Å². The molecule has 0 fully saturated rings. The first-order valence-corrected chi connectivity index (χ1v) is 7.04. The minimum absolute atomic E-state index is 0.0267. The largest absolute Gasteiger partial charge is 0.492 e. The van der Waals surface area contributed by atoms with Gasteiger partial charge in [-0.15, -0.1) is 0 Å². The van der Waals surface area contributed by atoms with Gasteiger partial charge in [0.25, 0.3) is 0 Å². The average molecular weight is 321 g/mol. The number of pyridine rings is 1. The Kier molecular flexibility index (Phi) is 4.93. The van der Waals surface area contributed by atoms with E-state index in [1.54, 1.807) is 6.20 Å². The Morgan fingerprint density at radius 3 is 2.79 bits per heavy atom. The molecule has 2 rings (SSSR count). The van der Waals surface area contributed by atoms with Gasteiger partial charge in [-0.2, -0.15) is 0 Å². The molecule has 0 saturated heterocycles. The second-order valence-electron chi connectivity index (χ2n) is 4.40. The molecule has 100 valence electrons. The summed E-state index contributed by atoms with van der Waals surface area (Å²) in [6, 6.07) is 11.9. The summed E-state index contributed by atoms with van der Waals surface area (Å²) in [6.45, 7) is 2.57. The minimum Gasteiger partial charge on any atom is -0.492 e. The summed E-state index contributed by atoms with van der Waals surface area (Å²) in [5.74, 6) is 0.834. The van der Waals surface area contributed by atoms with E-state index in [-0.39, 0.29) is 6.04 Å². The number of hydrogen-bond donors (Lipinski definition) is 1. The van der Waals surface area contributed by atoms with Crippen molar-refractivity contribution in [2.24, 2.45) is 5.73 Å². The quantitative estimate of drug-likeness (QED) is 0.917. The third-order valence-electron chi connectivity index (χ3n) is 2.82. The van der Waals surface area contributed by atoms with E-state index in [0.29, 0.717) is 6.61 Å². The average Bonchev–Trinajstić information content (AvgIpc) is 2.41. The van der Waals surface area contributed by atoms with E-state index in [1.165, 1.54) is 0 Å². The van der Waals surface area contributed by atoms with Gasteiger partial charge in [-0.25, -0.2) is 0 Å². The zero-order valence-electron chi connectivity index (χ0n) is 10.8. The van der Waals surface area contributed by atoms with E-state index in [1.807, 2.05) is 43.3 Å². The predicted molar refractivity (Wildman–Crippen MR) is 80.2 cm³/mol. The second kappa shape index (κ2) is 6.68. The van der Waals surface area contributed by atoms with E-state index < -0.39 is 0 Å². The van der Waals surface area contributed by atoms with Crippen molar-refractivity contribution in [3.8, 4) is 5.75 Å². The van der Waals surface area contributed by atoms with Gasteiger partial charge in [-0.05, 0) is 52.7 Å². The molecule has 1 unspecified atom stereocenters. The molecule has 0 amide bonds. The Balaban J connectivity index is 1.93. The summed E-state index contributed by atoms with van der Waals surface area (Å²) < 4.78 is 6.68. The summed E-state index contributed by atoms with van der Waals surface area (Å²) >= 11 is 3.51. The third-order valence-corrected chi connectivity index (χ3v) is 3.44. The zero-order valence-corrected chi connectivity index (χ0v) is 12.4. The highest BCUT2D eigenvalue weighted by Gasteiger charge is 2.05. The highest BCUT2D eigenvalue weighted by Crippen LogP contribution is 2.27. The fraction of sp³-hybridized carbons (Fsp3) is 0.267. The lowest BCUT2D eigenvalue weighted by Gasteiger charge is -2.11. The van der Waals surface area contributed by atoms with Crippen molar-refractivity contribution in [2.45, 2.75) is 19.4 Å². The molecule has 0 saturated carbocycles. The van der Waals surface area contributed by atoms with Crippen LogP contribution in [0, 0.1) is 0 Å². The molecule has 0 aliphatic rings. The van der Waals surface area contributed by atoms with Gasteiger partial charge in [-0.3, -0.25) is 4.98 Å². The number of rotatable bonds is 5. The molecule has 4 heteroatoms. The smallest absolute Gasteiger partial charge is 0.133 e. The van der Waals surface area contributed by atoms with Gasteiger partial charge in [0.2, 0.25) is 0 Å². The molecule has 0 spiro atoms. The molecule has 1 aromatic heterocycles. The van der Waals surface area contributed by atoms with E-state index in [4.69, 9.17) is 10.5 Å². The lowest BCUT2D eigenvalue weighted by atomic mass is 10.1. The van der Waals surface area contributed by atoms with E-state index in [0.717, 1.165) is 27.9 Å². The molecule has 2 aromatic rings. The topological polar surface area (TPSA) is 48.1 Å². The van der Waals surface area contributed by atoms with Crippen LogP contribution in [0.2, 0.25) is 0 Å². The molecular formula is C15H17BrN2O. The van der Waals surface area contributed by atoms with Gasteiger partial charge in [0, 0.05) is 24.4 Å². The van der Waals surface area contributed by atoms with Crippen molar-refractivity contribution in [1.29, 1.82) is 0 Å². The maximum absolute atomic E-state index is 5.84. The number of ether oxygens (including phenoxy) is 1. The third kappa shape index (κ3) is 4.04. The van der Waals surface area contributed by atoms with Crippen molar-refractivity contribution in [2.75, 3.05) is 6.61 Å². The van der Waals surface area contributed by atoms with Crippen LogP contribution in [-0.4, -0.2) is 11.6 Å². The summed E-state index contributed by atoms with van der Waals surface area (Å²) in [6.07, 6.45) is 2.59. The highest BCUT2D eigenvalue weighted by atomic mass is 79.9. The van der Waals surface area contributed by atoms with Crippen LogP contribution in [-0.2, 0) is 6.42 Å². The standard InChI is InChI=1S/C15H17BrN2O/c1-11(17)12-5-6-15(14(16)10-12)19-9-7-13-4-2-3-8-18-13/h2-6,8,10-11H,7,9,17H2,1H3. The molecule has 0 bridgehead atoms. The van der Waals surface area contributed by atoms with Crippen LogP contribution in [0.5, 0.6) is 5.75 Å². The Morgan fingerprint density at radius 2 is 2.16 bits per heavy atom. The molecule has 1 heterocycles. The van der Waals surface area contributed by atoms with Crippen LogP contribution in [0.4, 0.5) is 0 Å². The zero-order chi connectivity index (χ0) is 13.7. The molecular weight excluding hydrogens is 304 g/mol. The van der Waals surface area contributed by atoms with Gasteiger partial charge in [-0.1, -0.05) is 12.1 Å². The van der Waals surface area contributed by atoms with Crippen LogP contribution < -0.4 is 10.5 Å². The number of aromatic nitrogens is 1. The minimum atomic E-state index is 0.0267. The first-order valence-electron chi connectivity index (χ1n) is 6.24. The van der Waals surface area contributed by atoms with Crippen LogP contribution in [0.3, 0.4) is 0 Å². The van der Waals surface area contributed by atoms with Gasteiger partial charge in [0.1, 0.15) is 5.75 Å². The van der Waals surface area contributed by atoms with E-state index in [9.17, 15) is 0 Å². The first-order chi connectivity index (χ1) is 9.16. The maximum atomic E-state index is 5.84. The predicted octanol–water partition coefficient (Wildman–Crippen LogP) is 3.49. The van der Waals surface area contributed by atoms with Crippen LogP contribution in [0.1, 0.15) is 24.2 Å². The molecule has 19 heavy (non-hydrogen) atoms. The fourth-order valence-electron chi connectivity index (χ4n) is 1.73. The number of nitrogens with two attached hydrogens (primary N) is 1. The summed E-state index contributed by atoms with van der Waals surface area (Å²) in [7, 11) is 0. The van der Waals surface area contributed by atoms with Crippen molar-refractivity contribution < 1.29 is 4.74 Å². The lowest BCUT2D eigenvalue weighted by Crippen LogP contribution is -2.06. The monoisotopic (exact) mass is 320 g/mol. The second-order valence-corrected chi connectivity index (χ2v) is 5.25. The van der Waals surface area contributed by atoms with Gasteiger partial charge in [0.15, 0.2) is 0 Å². The van der Waals surface area contributed by atoms with Crippen molar-refractivity contribution in [3.63, 3.8) is 0 Å². The first kappa shape index (κ1) is 14.0. The van der Waals surface area contributed by atoms with E-state index >= 15 is 0 Å². The number of hydrogen-bond acceptors (Lipinski definition) is 3. The van der Waals surface area contributed by atoms with Crippen LogP contribution in [0.25, 0.3) is 0 Å². The lowest BCUT2D eigenvalue weighted by molar-refractivity contribution is 0.318. The van der Waals surface area contributed by atoms with Gasteiger partial charge in [0.05, 0.1) is 11.1 Å². The Morgan fingerprint density at radius 1 is 1.32 bits per heavy atom. The molecule has 2 N–H and O–H groups in total. The summed E-state index contributed by atoms with van der Waals surface area (Å²) in [5, 5.41) is 0. The van der Waals surface area contributed by atoms with E-state index in [2.05, 4.69) is 20.9 Å². The Hall–Kier alpha value is -1.39. The molecule has 1 aromatic carbocycles. The molecule has 0 aliphatic carbocycles. The molecule has 1 atom stereocenters. The fourth-order valence-corrected chi connectivity index (χ4v) is 2.24. The summed E-state index contributed by atoms with van der Waals surface area (Å²) in [4.78, 5) is 4.26. The highest BCUT2D eigenvalue weighted by molar-refractivity contribution is 9.10. The van der Waals surface area contributed by atoms with Crippen molar-refractivity contribution in [3.05, 3.63) is 58.3 Å². The molecule has 0 aliphatic heterocycles. The maximum Gasteiger partial charge on any atom is 0.133 e. The molecule has 0 radical (unpaired) electrons. The Bertz CT molecular complexity index is 529. The molecule has 3 nitrogen and oxygen atoms in total. The SMILES string of the molecule is CC(N)c1ccc(OCCc2ccccn2)c(Br)c1. The van der Waals surface area contributed by atoms with Gasteiger partial charge < -0.3 is 10.5 Å². The Labute approximate surface area is 121 Å².